The number of anilines is 1. The lowest BCUT2D eigenvalue weighted by Crippen LogP contribution is -2.29. The summed E-state index contributed by atoms with van der Waals surface area (Å²) in [6.07, 6.45) is 7.08. The van der Waals surface area contributed by atoms with E-state index < -0.39 is 0 Å². The molecule has 0 aromatic carbocycles. The van der Waals surface area contributed by atoms with Gasteiger partial charge in [0.1, 0.15) is 0 Å². The molecule has 0 aliphatic heterocycles. The van der Waals surface area contributed by atoms with Crippen LogP contribution in [-0.4, -0.2) is 24.2 Å². The third-order valence-corrected chi connectivity index (χ3v) is 3.29. The van der Waals surface area contributed by atoms with Gasteiger partial charge in [0, 0.05) is 18.8 Å². The van der Waals surface area contributed by atoms with Gasteiger partial charge in [-0.25, -0.2) is 0 Å². The fourth-order valence-corrected chi connectivity index (χ4v) is 2.23. The Bertz CT molecular complexity index is 315. The minimum Gasteiger partial charge on any atom is -0.381 e. The van der Waals surface area contributed by atoms with Crippen LogP contribution in [0.2, 0.25) is 0 Å². The fraction of sp³-hybridized carbons (Fsp3) is 0.615. The van der Waals surface area contributed by atoms with Crippen molar-refractivity contribution in [3.05, 3.63) is 24.0 Å². The Kier molecular flexibility index (Phi) is 3.78. The highest BCUT2D eigenvalue weighted by Gasteiger charge is 2.20. The van der Waals surface area contributed by atoms with Crippen molar-refractivity contribution in [1.29, 1.82) is 0 Å². The van der Waals surface area contributed by atoms with E-state index in [9.17, 15) is 0 Å². The lowest BCUT2D eigenvalue weighted by Gasteiger charge is -2.28. The van der Waals surface area contributed by atoms with Crippen LogP contribution in [0.1, 0.15) is 31.4 Å². The number of ether oxygens (including phenoxy) is 1. The first-order valence-electron chi connectivity index (χ1n) is 6.00. The number of nitrogens with one attached hydrogen (secondary N) is 1. The van der Waals surface area contributed by atoms with E-state index in [0.29, 0.717) is 12.1 Å². The van der Waals surface area contributed by atoms with Gasteiger partial charge in [-0.3, -0.25) is 4.98 Å². The Morgan fingerprint density at radius 2 is 2.00 bits per heavy atom. The SMILES string of the molecule is COC1CCC(Nc2ccc(C)nc2)CC1. The Hall–Kier alpha value is -1.09. The van der Waals surface area contributed by atoms with E-state index in [2.05, 4.69) is 16.4 Å². The van der Waals surface area contributed by atoms with Gasteiger partial charge in [0.05, 0.1) is 18.0 Å². The summed E-state index contributed by atoms with van der Waals surface area (Å²) in [6, 6.07) is 4.73. The molecule has 1 aromatic heterocycles. The van der Waals surface area contributed by atoms with Gasteiger partial charge in [0.25, 0.3) is 0 Å². The summed E-state index contributed by atoms with van der Waals surface area (Å²) in [7, 11) is 1.81. The van der Waals surface area contributed by atoms with Gasteiger partial charge in [-0.05, 0) is 44.7 Å². The number of aromatic nitrogens is 1. The Morgan fingerprint density at radius 1 is 1.25 bits per heavy atom. The third-order valence-electron chi connectivity index (χ3n) is 3.29. The highest BCUT2D eigenvalue weighted by Crippen LogP contribution is 2.23. The van der Waals surface area contributed by atoms with Crippen molar-refractivity contribution in [3.8, 4) is 0 Å². The van der Waals surface area contributed by atoms with Gasteiger partial charge in [-0.1, -0.05) is 0 Å². The topological polar surface area (TPSA) is 34.1 Å². The zero-order valence-electron chi connectivity index (χ0n) is 10.1. The van der Waals surface area contributed by atoms with Gasteiger partial charge in [0.15, 0.2) is 0 Å². The average molecular weight is 220 g/mol. The minimum atomic E-state index is 0.467. The Morgan fingerprint density at radius 3 is 2.56 bits per heavy atom. The maximum atomic E-state index is 5.37. The number of rotatable bonds is 3. The number of hydrogen-bond donors (Lipinski definition) is 1. The van der Waals surface area contributed by atoms with Crippen molar-refractivity contribution in [2.24, 2.45) is 0 Å². The highest BCUT2D eigenvalue weighted by atomic mass is 16.5. The summed E-state index contributed by atoms with van der Waals surface area (Å²) < 4.78 is 5.37. The molecule has 1 saturated carbocycles. The average Bonchev–Trinajstić information content (AvgIpc) is 2.33. The fourth-order valence-electron chi connectivity index (χ4n) is 2.23. The maximum absolute atomic E-state index is 5.37. The summed E-state index contributed by atoms with van der Waals surface area (Å²) in [5.41, 5.74) is 2.19. The van der Waals surface area contributed by atoms with Crippen LogP contribution in [0.3, 0.4) is 0 Å². The van der Waals surface area contributed by atoms with Crippen molar-refractivity contribution in [2.75, 3.05) is 12.4 Å². The summed E-state index contributed by atoms with van der Waals surface area (Å²) in [5.74, 6) is 0. The van der Waals surface area contributed by atoms with Crippen molar-refractivity contribution in [2.45, 2.75) is 44.8 Å². The number of pyridine rings is 1. The van der Waals surface area contributed by atoms with Crippen LogP contribution in [0, 0.1) is 6.92 Å². The summed E-state index contributed by atoms with van der Waals surface area (Å²) in [5, 5.41) is 3.53. The second kappa shape index (κ2) is 5.30. The first kappa shape index (κ1) is 11.4. The molecule has 0 spiro atoms. The molecule has 3 heteroatoms. The minimum absolute atomic E-state index is 0.467. The van der Waals surface area contributed by atoms with Crippen LogP contribution in [0.5, 0.6) is 0 Å². The van der Waals surface area contributed by atoms with Crippen molar-refractivity contribution in [1.82, 2.24) is 4.98 Å². The normalized spacial score (nSPS) is 25.4. The number of hydrogen-bond acceptors (Lipinski definition) is 3. The summed E-state index contributed by atoms with van der Waals surface area (Å²) >= 11 is 0. The second-order valence-corrected chi connectivity index (χ2v) is 4.54. The van der Waals surface area contributed by atoms with Crippen LogP contribution < -0.4 is 5.32 Å². The van der Waals surface area contributed by atoms with Crippen LogP contribution in [-0.2, 0) is 4.74 Å². The number of nitrogens with zero attached hydrogens (tertiary/aromatic N) is 1. The van der Waals surface area contributed by atoms with Crippen molar-refractivity contribution < 1.29 is 4.74 Å². The summed E-state index contributed by atoms with van der Waals surface area (Å²) in [6.45, 7) is 2.01. The van der Waals surface area contributed by atoms with E-state index in [4.69, 9.17) is 4.74 Å². The van der Waals surface area contributed by atoms with E-state index in [1.807, 2.05) is 26.3 Å². The molecule has 88 valence electrons. The summed E-state index contributed by atoms with van der Waals surface area (Å²) in [4.78, 5) is 4.29. The van der Waals surface area contributed by atoms with Gasteiger partial charge >= 0.3 is 0 Å². The Labute approximate surface area is 97.2 Å². The highest BCUT2D eigenvalue weighted by molar-refractivity contribution is 5.41. The number of methoxy groups -OCH3 is 1. The van der Waals surface area contributed by atoms with Crippen LogP contribution in [0.15, 0.2) is 18.3 Å². The molecule has 16 heavy (non-hydrogen) atoms. The van der Waals surface area contributed by atoms with Gasteiger partial charge < -0.3 is 10.1 Å². The zero-order valence-corrected chi connectivity index (χ0v) is 10.1. The third kappa shape index (κ3) is 2.95. The molecule has 0 radical (unpaired) electrons. The smallest absolute Gasteiger partial charge is 0.0572 e. The molecule has 1 aliphatic carbocycles. The molecule has 0 amide bonds. The van der Waals surface area contributed by atoms with Crippen LogP contribution in [0.25, 0.3) is 0 Å². The molecule has 0 bridgehead atoms. The molecule has 2 rings (SSSR count). The number of aryl methyl sites for hydroxylation is 1. The molecular formula is C13H20N2O. The lowest BCUT2D eigenvalue weighted by atomic mass is 9.93. The van der Waals surface area contributed by atoms with E-state index in [1.54, 1.807) is 0 Å². The predicted molar refractivity (Wildman–Crippen MR) is 65.6 cm³/mol. The molecule has 1 aliphatic rings. The molecule has 1 aromatic rings. The molecule has 0 atom stereocenters. The monoisotopic (exact) mass is 220 g/mol. The van der Waals surface area contributed by atoms with E-state index >= 15 is 0 Å². The quantitative estimate of drug-likeness (QED) is 0.850. The van der Waals surface area contributed by atoms with E-state index in [1.165, 1.54) is 12.8 Å². The first-order valence-corrected chi connectivity index (χ1v) is 6.00. The van der Waals surface area contributed by atoms with Gasteiger partial charge in [-0.15, -0.1) is 0 Å². The maximum Gasteiger partial charge on any atom is 0.0572 e. The first-order chi connectivity index (χ1) is 7.78. The zero-order chi connectivity index (χ0) is 11.4. The molecular weight excluding hydrogens is 200 g/mol. The molecule has 0 saturated heterocycles. The van der Waals surface area contributed by atoms with E-state index in [0.717, 1.165) is 24.2 Å². The lowest BCUT2D eigenvalue weighted by molar-refractivity contribution is 0.0682. The van der Waals surface area contributed by atoms with Crippen LogP contribution >= 0.6 is 0 Å². The van der Waals surface area contributed by atoms with Gasteiger partial charge in [0.2, 0.25) is 0 Å². The molecule has 1 fully saturated rings. The predicted octanol–water partition coefficient (Wildman–Crippen LogP) is 2.76. The Balaban J connectivity index is 1.84. The molecule has 0 unspecified atom stereocenters. The van der Waals surface area contributed by atoms with Crippen LogP contribution in [0.4, 0.5) is 5.69 Å². The molecule has 1 N–H and O–H groups in total. The largest absolute Gasteiger partial charge is 0.381 e. The standard InChI is InChI=1S/C13H20N2O/c1-10-3-4-12(9-14-10)15-11-5-7-13(16-2)8-6-11/h3-4,9,11,13,15H,5-8H2,1-2H3. The second-order valence-electron chi connectivity index (χ2n) is 4.54. The molecule has 3 nitrogen and oxygen atoms in total. The van der Waals surface area contributed by atoms with Gasteiger partial charge in [-0.2, -0.15) is 0 Å². The molecule has 1 heterocycles. The van der Waals surface area contributed by atoms with Crippen molar-refractivity contribution in [3.63, 3.8) is 0 Å². The van der Waals surface area contributed by atoms with E-state index in [-0.39, 0.29) is 0 Å². The van der Waals surface area contributed by atoms with Crippen molar-refractivity contribution >= 4 is 5.69 Å².